The number of hydrogen-bond donors (Lipinski definition) is 2. The summed E-state index contributed by atoms with van der Waals surface area (Å²) in [4.78, 5) is 15.7. The van der Waals surface area contributed by atoms with Crippen molar-refractivity contribution in [3.63, 3.8) is 0 Å². The molecule has 1 amide bonds. The molecule has 6 heteroatoms. The second-order valence-corrected chi connectivity index (χ2v) is 4.17. The lowest BCUT2D eigenvalue weighted by molar-refractivity contribution is 0.0945. The van der Waals surface area contributed by atoms with Crippen LogP contribution in [0.3, 0.4) is 0 Å². The molecule has 2 rings (SSSR count). The van der Waals surface area contributed by atoms with E-state index in [0.717, 1.165) is 17.7 Å². The molecule has 0 spiro atoms. The Morgan fingerprint density at radius 1 is 1.25 bits per heavy atom. The van der Waals surface area contributed by atoms with Gasteiger partial charge in [-0.25, -0.2) is 8.78 Å². The van der Waals surface area contributed by atoms with Gasteiger partial charge in [0.15, 0.2) is 0 Å². The van der Waals surface area contributed by atoms with Gasteiger partial charge < -0.3 is 11.1 Å². The zero-order valence-corrected chi connectivity index (χ0v) is 10.6. The minimum atomic E-state index is -0.697. The van der Waals surface area contributed by atoms with Gasteiger partial charge in [-0.15, -0.1) is 0 Å². The summed E-state index contributed by atoms with van der Waals surface area (Å²) in [5.41, 5.74) is 6.66. The molecule has 0 saturated heterocycles. The third-order valence-corrected chi connectivity index (χ3v) is 2.75. The average molecular weight is 277 g/mol. The van der Waals surface area contributed by atoms with Crippen molar-refractivity contribution in [3.05, 3.63) is 65.0 Å². The van der Waals surface area contributed by atoms with E-state index >= 15 is 0 Å². The molecule has 4 nitrogen and oxygen atoms in total. The van der Waals surface area contributed by atoms with Crippen LogP contribution in [0.2, 0.25) is 0 Å². The summed E-state index contributed by atoms with van der Waals surface area (Å²) >= 11 is 0. The molecule has 0 bridgehead atoms. The van der Waals surface area contributed by atoms with E-state index in [1.807, 2.05) is 0 Å². The first-order valence-electron chi connectivity index (χ1n) is 5.97. The molecule has 3 N–H and O–H groups in total. The van der Waals surface area contributed by atoms with E-state index in [2.05, 4.69) is 10.3 Å². The second kappa shape index (κ2) is 6.21. The van der Waals surface area contributed by atoms with E-state index in [1.54, 1.807) is 12.1 Å². The molecule has 0 aliphatic carbocycles. The average Bonchev–Trinajstić information content (AvgIpc) is 2.46. The van der Waals surface area contributed by atoms with Crippen LogP contribution >= 0.6 is 0 Å². The lowest BCUT2D eigenvalue weighted by Gasteiger charge is -2.06. The van der Waals surface area contributed by atoms with E-state index < -0.39 is 17.5 Å². The highest BCUT2D eigenvalue weighted by Gasteiger charge is 2.09. The fourth-order valence-corrected chi connectivity index (χ4v) is 1.61. The Kier molecular flexibility index (Phi) is 4.37. The second-order valence-electron chi connectivity index (χ2n) is 4.17. The molecule has 2 aromatic rings. The highest BCUT2D eigenvalue weighted by Crippen LogP contribution is 2.09. The van der Waals surface area contributed by atoms with E-state index in [9.17, 15) is 13.6 Å². The molecule has 1 heterocycles. The number of aromatic nitrogens is 1. The van der Waals surface area contributed by atoms with Crippen molar-refractivity contribution >= 4 is 5.91 Å². The van der Waals surface area contributed by atoms with Crippen LogP contribution in [0.4, 0.5) is 8.78 Å². The van der Waals surface area contributed by atoms with Gasteiger partial charge in [-0.3, -0.25) is 9.78 Å². The minimum Gasteiger partial charge on any atom is -0.347 e. The molecule has 0 fully saturated rings. The number of nitrogens with zero attached hydrogens (tertiary/aromatic N) is 1. The van der Waals surface area contributed by atoms with Crippen LogP contribution in [-0.4, -0.2) is 10.9 Å². The molecule has 0 radical (unpaired) electrons. The van der Waals surface area contributed by atoms with Crippen LogP contribution in [0, 0.1) is 11.6 Å². The van der Waals surface area contributed by atoms with Crippen molar-refractivity contribution in [2.45, 2.75) is 13.1 Å². The molecular weight excluding hydrogens is 264 g/mol. The van der Waals surface area contributed by atoms with E-state index in [-0.39, 0.29) is 17.8 Å². The number of hydrogen-bond acceptors (Lipinski definition) is 3. The van der Waals surface area contributed by atoms with Crippen molar-refractivity contribution < 1.29 is 13.6 Å². The first-order chi connectivity index (χ1) is 9.60. The van der Waals surface area contributed by atoms with Gasteiger partial charge >= 0.3 is 0 Å². The summed E-state index contributed by atoms with van der Waals surface area (Å²) in [6.45, 7) is 0.307. The predicted molar refractivity (Wildman–Crippen MR) is 69.7 cm³/mol. The topological polar surface area (TPSA) is 68.0 Å². The Labute approximate surface area is 114 Å². The SMILES string of the molecule is NCc1ccc(C(=O)NCc2ccc(F)cc2F)nc1. The molecule has 20 heavy (non-hydrogen) atoms. The Bertz CT molecular complexity index is 614. The molecule has 0 unspecified atom stereocenters. The normalized spacial score (nSPS) is 10.3. The number of nitrogens with one attached hydrogen (secondary N) is 1. The van der Waals surface area contributed by atoms with Gasteiger partial charge in [-0.2, -0.15) is 0 Å². The summed E-state index contributed by atoms with van der Waals surface area (Å²) in [6.07, 6.45) is 1.51. The fourth-order valence-electron chi connectivity index (χ4n) is 1.61. The molecule has 1 aromatic heterocycles. The molecule has 0 atom stereocenters. The van der Waals surface area contributed by atoms with Crippen LogP contribution in [0.5, 0.6) is 0 Å². The summed E-state index contributed by atoms with van der Waals surface area (Å²) < 4.78 is 26.1. The number of nitrogens with two attached hydrogens (primary N) is 1. The summed E-state index contributed by atoms with van der Waals surface area (Å²) in [6, 6.07) is 6.43. The number of pyridine rings is 1. The fraction of sp³-hybridized carbons (Fsp3) is 0.143. The maximum atomic E-state index is 13.4. The Morgan fingerprint density at radius 2 is 2.05 bits per heavy atom. The summed E-state index contributed by atoms with van der Waals surface area (Å²) in [5, 5.41) is 2.52. The zero-order chi connectivity index (χ0) is 14.5. The maximum absolute atomic E-state index is 13.4. The molecule has 0 saturated carbocycles. The Hall–Kier alpha value is -2.34. The number of carbonyl (C=O) groups excluding carboxylic acids is 1. The van der Waals surface area contributed by atoms with Crippen molar-refractivity contribution in [2.24, 2.45) is 5.73 Å². The van der Waals surface area contributed by atoms with Crippen molar-refractivity contribution in [2.75, 3.05) is 0 Å². The number of halogens is 2. The monoisotopic (exact) mass is 277 g/mol. The van der Waals surface area contributed by atoms with Gasteiger partial charge in [-0.1, -0.05) is 12.1 Å². The zero-order valence-electron chi connectivity index (χ0n) is 10.6. The van der Waals surface area contributed by atoms with Crippen LogP contribution < -0.4 is 11.1 Å². The Morgan fingerprint density at radius 3 is 2.65 bits per heavy atom. The lowest BCUT2D eigenvalue weighted by Crippen LogP contribution is -2.24. The minimum absolute atomic E-state index is 0.0364. The van der Waals surface area contributed by atoms with Gasteiger partial charge in [0.25, 0.3) is 5.91 Å². The molecular formula is C14H13F2N3O. The van der Waals surface area contributed by atoms with Gasteiger partial charge in [0.05, 0.1) is 0 Å². The highest BCUT2D eigenvalue weighted by molar-refractivity contribution is 5.92. The van der Waals surface area contributed by atoms with E-state index in [0.29, 0.717) is 6.54 Å². The number of carbonyl (C=O) groups is 1. The summed E-state index contributed by atoms with van der Waals surface area (Å²) in [7, 11) is 0. The molecule has 0 aliphatic rings. The van der Waals surface area contributed by atoms with Crippen molar-refractivity contribution in [1.29, 1.82) is 0 Å². The maximum Gasteiger partial charge on any atom is 0.270 e. The van der Waals surface area contributed by atoms with Gasteiger partial charge in [0.2, 0.25) is 0 Å². The van der Waals surface area contributed by atoms with E-state index in [4.69, 9.17) is 5.73 Å². The molecule has 104 valence electrons. The highest BCUT2D eigenvalue weighted by atomic mass is 19.1. The van der Waals surface area contributed by atoms with Gasteiger partial charge in [0, 0.05) is 30.9 Å². The third kappa shape index (κ3) is 3.36. The largest absolute Gasteiger partial charge is 0.347 e. The van der Waals surface area contributed by atoms with Gasteiger partial charge in [-0.05, 0) is 17.7 Å². The predicted octanol–water partition coefficient (Wildman–Crippen LogP) is 1.75. The lowest BCUT2D eigenvalue weighted by atomic mass is 10.2. The molecule has 1 aromatic carbocycles. The van der Waals surface area contributed by atoms with E-state index in [1.165, 1.54) is 12.3 Å². The summed E-state index contributed by atoms with van der Waals surface area (Å²) in [5.74, 6) is -1.79. The van der Waals surface area contributed by atoms with Crippen LogP contribution in [-0.2, 0) is 13.1 Å². The van der Waals surface area contributed by atoms with Crippen molar-refractivity contribution in [3.8, 4) is 0 Å². The van der Waals surface area contributed by atoms with Gasteiger partial charge in [0.1, 0.15) is 17.3 Å². The van der Waals surface area contributed by atoms with Crippen LogP contribution in [0.1, 0.15) is 21.6 Å². The first-order valence-corrected chi connectivity index (χ1v) is 5.97. The quantitative estimate of drug-likeness (QED) is 0.894. The smallest absolute Gasteiger partial charge is 0.270 e. The number of amides is 1. The third-order valence-electron chi connectivity index (χ3n) is 2.75. The number of rotatable bonds is 4. The Balaban J connectivity index is 2.00. The van der Waals surface area contributed by atoms with Crippen LogP contribution in [0.25, 0.3) is 0 Å². The first kappa shape index (κ1) is 14.1. The number of benzene rings is 1. The van der Waals surface area contributed by atoms with Crippen molar-refractivity contribution in [1.82, 2.24) is 10.3 Å². The molecule has 0 aliphatic heterocycles. The standard InChI is InChI=1S/C14H13F2N3O/c15-11-3-2-10(12(16)5-11)8-19-14(20)13-4-1-9(6-17)7-18-13/h1-5,7H,6,8,17H2,(H,19,20). The van der Waals surface area contributed by atoms with Crippen LogP contribution in [0.15, 0.2) is 36.5 Å².